The Labute approximate surface area is 92.4 Å². The van der Waals surface area contributed by atoms with E-state index in [1.807, 2.05) is 0 Å². The van der Waals surface area contributed by atoms with E-state index in [0.29, 0.717) is 11.3 Å². The summed E-state index contributed by atoms with van der Waals surface area (Å²) in [5, 5.41) is 0.303. The van der Waals surface area contributed by atoms with Gasteiger partial charge in [-0.2, -0.15) is 12.6 Å². The SMILES string of the molecule is CC(S)C1OCC2CC(C2)N1C(C)C. The molecule has 14 heavy (non-hydrogen) atoms. The van der Waals surface area contributed by atoms with Crippen molar-refractivity contribution in [1.29, 1.82) is 0 Å². The minimum Gasteiger partial charge on any atom is -0.362 e. The molecule has 2 heterocycles. The van der Waals surface area contributed by atoms with Crippen molar-refractivity contribution in [2.24, 2.45) is 5.92 Å². The fraction of sp³-hybridized carbons (Fsp3) is 1.00. The van der Waals surface area contributed by atoms with Crippen LogP contribution in [0.2, 0.25) is 0 Å². The van der Waals surface area contributed by atoms with Gasteiger partial charge in [-0.1, -0.05) is 0 Å². The molecule has 0 aromatic rings. The van der Waals surface area contributed by atoms with Crippen molar-refractivity contribution in [3.05, 3.63) is 0 Å². The first-order valence-electron chi connectivity index (χ1n) is 5.66. The number of ether oxygens (including phenoxy) is 1. The number of hydrogen-bond donors (Lipinski definition) is 1. The lowest BCUT2D eigenvalue weighted by Gasteiger charge is -2.44. The quantitative estimate of drug-likeness (QED) is 0.709. The second kappa shape index (κ2) is 4.03. The molecule has 2 bridgehead atoms. The monoisotopic (exact) mass is 215 g/mol. The van der Waals surface area contributed by atoms with Crippen molar-refractivity contribution in [3.8, 4) is 0 Å². The van der Waals surface area contributed by atoms with Gasteiger partial charge in [-0.15, -0.1) is 0 Å². The zero-order valence-corrected chi connectivity index (χ0v) is 10.2. The van der Waals surface area contributed by atoms with E-state index in [1.54, 1.807) is 0 Å². The van der Waals surface area contributed by atoms with Gasteiger partial charge in [-0.3, -0.25) is 4.90 Å². The molecule has 0 aromatic carbocycles. The highest BCUT2D eigenvalue weighted by Crippen LogP contribution is 2.39. The molecule has 3 fully saturated rings. The molecule has 2 aliphatic heterocycles. The van der Waals surface area contributed by atoms with Gasteiger partial charge in [0.1, 0.15) is 6.23 Å². The summed E-state index contributed by atoms with van der Waals surface area (Å²) in [5.74, 6) is 0.818. The normalized spacial score (nSPS) is 40.5. The van der Waals surface area contributed by atoms with E-state index in [2.05, 4.69) is 38.3 Å². The van der Waals surface area contributed by atoms with Crippen molar-refractivity contribution in [2.45, 2.75) is 57.2 Å². The Kier molecular flexibility index (Phi) is 3.10. The van der Waals surface area contributed by atoms with E-state index in [4.69, 9.17) is 4.74 Å². The summed E-state index contributed by atoms with van der Waals surface area (Å²) < 4.78 is 5.94. The summed E-state index contributed by atoms with van der Waals surface area (Å²) in [5.41, 5.74) is 0. The van der Waals surface area contributed by atoms with E-state index in [1.165, 1.54) is 12.8 Å². The highest BCUT2D eigenvalue weighted by Gasteiger charge is 2.43. The number of nitrogens with zero attached hydrogens (tertiary/aromatic N) is 1. The van der Waals surface area contributed by atoms with E-state index in [9.17, 15) is 0 Å². The molecule has 2 unspecified atom stereocenters. The van der Waals surface area contributed by atoms with Crippen LogP contribution in [-0.2, 0) is 4.74 Å². The molecule has 0 spiro atoms. The summed E-state index contributed by atoms with van der Waals surface area (Å²) in [6.07, 6.45) is 2.88. The van der Waals surface area contributed by atoms with Gasteiger partial charge in [-0.05, 0) is 39.5 Å². The van der Waals surface area contributed by atoms with E-state index in [-0.39, 0.29) is 6.23 Å². The third-order valence-corrected chi connectivity index (χ3v) is 3.69. The van der Waals surface area contributed by atoms with Gasteiger partial charge in [-0.25, -0.2) is 0 Å². The van der Waals surface area contributed by atoms with E-state index >= 15 is 0 Å². The predicted octanol–water partition coefficient (Wildman–Crippen LogP) is 2.15. The maximum absolute atomic E-state index is 5.94. The van der Waals surface area contributed by atoms with Crippen molar-refractivity contribution in [3.63, 3.8) is 0 Å². The van der Waals surface area contributed by atoms with Gasteiger partial charge in [0.25, 0.3) is 0 Å². The van der Waals surface area contributed by atoms with Crippen LogP contribution in [0.4, 0.5) is 0 Å². The topological polar surface area (TPSA) is 12.5 Å². The second-order valence-electron chi connectivity index (χ2n) is 5.00. The Morgan fingerprint density at radius 2 is 1.93 bits per heavy atom. The molecule has 3 rings (SSSR count). The third-order valence-electron chi connectivity index (χ3n) is 3.44. The van der Waals surface area contributed by atoms with Crippen LogP contribution in [0.15, 0.2) is 0 Å². The highest BCUT2D eigenvalue weighted by molar-refractivity contribution is 7.81. The summed E-state index contributed by atoms with van der Waals surface area (Å²) in [6, 6.07) is 1.32. The van der Waals surface area contributed by atoms with Crippen LogP contribution in [0.3, 0.4) is 0 Å². The Balaban J connectivity index is 2.12. The zero-order valence-electron chi connectivity index (χ0n) is 9.31. The largest absolute Gasteiger partial charge is 0.362 e. The number of hydrogen-bond acceptors (Lipinski definition) is 3. The lowest BCUT2D eigenvalue weighted by atomic mass is 9.80. The smallest absolute Gasteiger partial charge is 0.122 e. The molecule has 82 valence electrons. The Bertz CT molecular complexity index is 199. The fourth-order valence-corrected chi connectivity index (χ4v) is 2.95. The van der Waals surface area contributed by atoms with Crippen molar-refractivity contribution >= 4 is 12.6 Å². The first-order valence-corrected chi connectivity index (χ1v) is 6.18. The first-order chi connectivity index (χ1) is 6.59. The number of fused-ring (bicyclic) bond motifs is 3. The molecular formula is C11H21NOS. The standard InChI is InChI=1S/C11H21NOS/c1-7(2)12-10-4-9(5-10)6-13-11(12)8(3)14/h7-11,14H,4-6H2,1-3H3. The Morgan fingerprint density at radius 3 is 2.43 bits per heavy atom. The van der Waals surface area contributed by atoms with Gasteiger partial charge in [0.2, 0.25) is 0 Å². The molecule has 3 aliphatic rings. The van der Waals surface area contributed by atoms with Crippen LogP contribution in [0, 0.1) is 5.92 Å². The Hall–Kier alpha value is 0.270. The molecule has 0 N–H and O–H groups in total. The predicted molar refractivity (Wildman–Crippen MR) is 61.7 cm³/mol. The van der Waals surface area contributed by atoms with Crippen LogP contribution in [0.1, 0.15) is 33.6 Å². The van der Waals surface area contributed by atoms with Crippen LogP contribution in [0.5, 0.6) is 0 Å². The molecule has 2 saturated heterocycles. The van der Waals surface area contributed by atoms with E-state index in [0.717, 1.165) is 18.6 Å². The number of thiol groups is 1. The maximum atomic E-state index is 5.94. The molecule has 1 aliphatic carbocycles. The molecular weight excluding hydrogens is 194 g/mol. The number of rotatable bonds is 2. The van der Waals surface area contributed by atoms with Crippen LogP contribution in [-0.4, -0.2) is 35.1 Å². The summed E-state index contributed by atoms with van der Waals surface area (Å²) >= 11 is 4.54. The Morgan fingerprint density at radius 1 is 1.29 bits per heavy atom. The van der Waals surface area contributed by atoms with Crippen molar-refractivity contribution < 1.29 is 4.74 Å². The van der Waals surface area contributed by atoms with Gasteiger partial charge in [0, 0.05) is 17.3 Å². The average molecular weight is 215 g/mol. The van der Waals surface area contributed by atoms with E-state index < -0.39 is 0 Å². The fourth-order valence-electron chi connectivity index (χ4n) is 2.71. The van der Waals surface area contributed by atoms with Gasteiger partial charge >= 0.3 is 0 Å². The average Bonchev–Trinajstić information content (AvgIpc) is 2.28. The zero-order chi connectivity index (χ0) is 10.3. The highest BCUT2D eigenvalue weighted by atomic mass is 32.1. The lowest BCUT2D eigenvalue weighted by Crippen LogP contribution is -2.52. The first kappa shape index (κ1) is 10.8. The van der Waals surface area contributed by atoms with Gasteiger partial charge in [0.15, 0.2) is 0 Å². The minimum absolute atomic E-state index is 0.218. The van der Waals surface area contributed by atoms with Gasteiger partial charge in [0.05, 0.1) is 6.61 Å². The van der Waals surface area contributed by atoms with Crippen LogP contribution >= 0.6 is 12.6 Å². The summed E-state index contributed by atoms with van der Waals surface area (Å²) in [6.45, 7) is 7.58. The molecule has 0 radical (unpaired) electrons. The molecule has 2 nitrogen and oxygen atoms in total. The molecule has 3 heteroatoms. The van der Waals surface area contributed by atoms with Crippen molar-refractivity contribution in [1.82, 2.24) is 4.90 Å². The van der Waals surface area contributed by atoms with Crippen LogP contribution < -0.4 is 0 Å². The van der Waals surface area contributed by atoms with Gasteiger partial charge < -0.3 is 4.74 Å². The summed E-state index contributed by atoms with van der Waals surface area (Å²) in [7, 11) is 0. The molecule has 1 saturated carbocycles. The second-order valence-corrected chi connectivity index (χ2v) is 5.81. The third kappa shape index (κ3) is 1.82. The maximum Gasteiger partial charge on any atom is 0.122 e. The molecule has 2 atom stereocenters. The van der Waals surface area contributed by atoms with Crippen molar-refractivity contribution in [2.75, 3.05) is 6.61 Å². The minimum atomic E-state index is 0.218. The lowest BCUT2D eigenvalue weighted by molar-refractivity contribution is -0.0633. The van der Waals surface area contributed by atoms with Crippen LogP contribution in [0.25, 0.3) is 0 Å². The molecule has 0 amide bonds. The summed E-state index contributed by atoms with van der Waals surface area (Å²) in [4.78, 5) is 2.52. The molecule has 0 aromatic heterocycles.